The van der Waals surface area contributed by atoms with Crippen molar-refractivity contribution in [2.24, 2.45) is 0 Å². The van der Waals surface area contributed by atoms with Crippen molar-refractivity contribution < 1.29 is 14.6 Å². The van der Waals surface area contributed by atoms with Crippen LogP contribution in [0.5, 0.6) is 0 Å². The second-order valence-corrected chi connectivity index (χ2v) is 6.75. The highest BCUT2D eigenvalue weighted by atomic mass is 32.1. The first kappa shape index (κ1) is 15.0. The van der Waals surface area contributed by atoms with E-state index in [-0.39, 0.29) is 18.1 Å². The fraction of sp³-hybridized carbons (Fsp3) is 0.667. The van der Waals surface area contributed by atoms with E-state index in [9.17, 15) is 9.90 Å². The molecule has 0 radical (unpaired) electrons. The summed E-state index contributed by atoms with van der Waals surface area (Å²) in [5, 5.41) is 18.5. The molecule has 1 saturated heterocycles. The fourth-order valence-corrected chi connectivity index (χ4v) is 3.73. The largest absolute Gasteiger partial charge is 0.389 e. The van der Waals surface area contributed by atoms with Crippen molar-refractivity contribution in [3.8, 4) is 0 Å². The zero-order valence-corrected chi connectivity index (χ0v) is 12.8. The maximum Gasteiger partial charge on any atom is 0.261 e. The summed E-state index contributed by atoms with van der Waals surface area (Å²) in [5.74, 6) is -0.104. The van der Waals surface area contributed by atoms with Crippen LogP contribution in [0.4, 0.5) is 0 Å². The van der Waals surface area contributed by atoms with E-state index in [2.05, 4.69) is 10.6 Å². The minimum atomic E-state index is -0.561. The minimum absolute atomic E-state index is 0.0169. The van der Waals surface area contributed by atoms with E-state index in [0.717, 1.165) is 0 Å². The first-order valence-electron chi connectivity index (χ1n) is 7.61. The van der Waals surface area contributed by atoms with Gasteiger partial charge in [0.2, 0.25) is 0 Å². The molecule has 2 aliphatic rings. The van der Waals surface area contributed by atoms with Crippen molar-refractivity contribution in [1.29, 1.82) is 0 Å². The molecule has 1 amide bonds. The quantitative estimate of drug-likeness (QED) is 0.763. The van der Waals surface area contributed by atoms with E-state index < -0.39 is 6.10 Å². The van der Waals surface area contributed by atoms with Gasteiger partial charge in [-0.1, -0.05) is 18.9 Å². The monoisotopic (exact) mass is 310 g/mol. The molecule has 3 N–H and O–H groups in total. The molecule has 0 aromatic carbocycles. The Labute approximate surface area is 128 Å². The Hall–Kier alpha value is -0.950. The zero-order valence-electron chi connectivity index (χ0n) is 12.0. The Balaban J connectivity index is 1.45. The molecule has 0 spiro atoms. The van der Waals surface area contributed by atoms with E-state index in [1.54, 1.807) is 6.07 Å². The number of ether oxygens (including phenoxy) is 1. The molecule has 2 fully saturated rings. The van der Waals surface area contributed by atoms with Gasteiger partial charge in [-0.25, -0.2) is 0 Å². The molecule has 2 heterocycles. The van der Waals surface area contributed by atoms with Gasteiger partial charge in [0.05, 0.1) is 23.6 Å². The van der Waals surface area contributed by atoms with Gasteiger partial charge in [0.25, 0.3) is 5.91 Å². The van der Waals surface area contributed by atoms with Crippen LogP contribution in [0, 0.1) is 0 Å². The summed E-state index contributed by atoms with van der Waals surface area (Å²) < 4.78 is 5.63. The Bertz CT molecular complexity index is 459. The van der Waals surface area contributed by atoms with E-state index >= 15 is 0 Å². The van der Waals surface area contributed by atoms with Gasteiger partial charge in [-0.05, 0) is 24.3 Å². The molecule has 1 aromatic heterocycles. The van der Waals surface area contributed by atoms with Crippen molar-refractivity contribution in [3.63, 3.8) is 0 Å². The second-order valence-electron chi connectivity index (χ2n) is 5.80. The van der Waals surface area contributed by atoms with Gasteiger partial charge in [-0.3, -0.25) is 4.79 Å². The summed E-state index contributed by atoms with van der Waals surface area (Å²) in [5.41, 5.74) is 0. The third-order valence-electron chi connectivity index (χ3n) is 4.30. The molecule has 6 heteroatoms. The van der Waals surface area contributed by atoms with Crippen molar-refractivity contribution in [2.45, 2.75) is 50.0 Å². The van der Waals surface area contributed by atoms with Gasteiger partial charge in [0, 0.05) is 12.6 Å². The molecule has 1 aliphatic carbocycles. The number of carbonyl (C=O) groups excluding carboxylic acids is 1. The molecule has 1 saturated carbocycles. The lowest BCUT2D eigenvalue weighted by atomic mass is 10.1. The van der Waals surface area contributed by atoms with Gasteiger partial charge >= 0.3 is 0 Å². The summed E-state index contributed by atoms with van der Waals surface area (Å²) in [6, 6.07) is 4.13. The maximum absolute atomic E-state index is 11.9. The third-order valence-corrected chi connectivity index (χ3v) is 5.17. The van der Waals surface area contributed by atoms with Gasteiger partial charge < -0.3 is 20.5 Å². The van der Waals surface area contributed by atoms with Gasteiger partial charge in [0.15, 0.2) is 0 Å². The number of hydrogen-bond acceptors (Lipinski definition) is 5. The zero-order chi connectivity index (χ0) is 14.7. The molecule has 1 aromatic rings. The van der Waals surface area contributed by atoms with Crippen LogP contribution >= 0.6 is 11.3 Å². The van der Waals surface area contributed by atoms with Crippen LogP contribution in [0.1, 0.15) is 35.4 Å². The smallest absolute Gasteiger partial charge is 0.261 e. The van der Waals surface area contributed by atoms with Crippen molar-refractivity contribution in [3.05, 3.63) is 22.4 Å². The van der Waals surface area contributed by atoms with Gasteiger partial charge in [0.1, 0.15) is 6.10 Å². The third kappa shape index (κ3) is 3.63. The molecule has 0 bridgehead atoms. The number of nitrogens with one attached hydrogen (secondary N) is 2. The highest BCUT2D eigenvalue weighted by Gasteiger charge is 2.37. The summed E-state index contributed by atoms with van der Waals surface area (Å²) in [6.45, 7) is 0.859. The molecular formula is C15H22N2O3S. The maximum atomic E-state index is 11.9. The Morgan fingerprint density at radius 2 is 2.24 bits per heavy atom. The van der Waals surface area contributed by atoms with Crippen LogP contribution in [0.3, 0.4) is 0 Å². The van der Waals surface area contributed by atoms with Gasteiger partial charge in [-0.2, -0.15) is 0 Å². The lowest BCUT2D eigenvalue weighted by Gasteiger charge is -2.22. The summed E-state index contributed by atoms with van der Waals surface area (Å²) in [6.07, 6.45) is 4.01. The summed E-state index contributed by atoms with van der Waals surface area (Å²) >= 11 is 1.41. The highest BCUT2D eigenvalue weighted by molar-refractivity contribution is 7.12. The Kier molecular flexibility index (Phi) is 4.90. The average Bonchev–Trinajstić information content (AvgIpc) is 3.21. The number of aliphatic hydroxyl groups excluding tert-OH is 1. The van der Waals surface area contributed by atoms with Crippen molar-refractivity contribution >= 4 is 17.2 Å². The fourth-order valence-electron chi connectivity index (χ4n) is 3.09. The lowest BCUT2D eigenvalue weighted by molar-refractivity contribution is 0.0396. The van der Waals surface area contributed by atoms with Crippen molar-refractivity contribution in [2.75, 3.05) is 13.2 Å². The van der Waals surface area contributed by atoms with E-state index in [1.807, 2.05) is 11.4 Å². The van der Waals surface area contributed by atoms with Crippen LogP contribution in [-0.2, 0) is 4.74 Å². The highest BCUT2D eigenvalue weighted by Crippen LogP contribution is 2.21. The first-order valence-corrected chi connectivity index (χ1v) is 8.49. The predicted molar refractivity (Wildman–Crippen MR) is 81.6 cm³/mol. The number of carbonyl (C=O) groups is 1. The topological polar surface area (TPSA) is 70.6 Å². The van der Waals surface area contributed by atoms with Crippen LogP contribution < -0.4 is 10.6 Å². The normalized spacial score (nSPS) is 29.9. The number of aliphatic hydroxyl groups is 1. The minimum Gasteiger partial charge on any atom is -0.389 e. The molecule has 116 valence electrons. The van der Waals surface area contributed by atoms with Crippen LogP contribution in [0.2, 0.25) is 0 Å². The first-order chi connectivity index (χ1) is 10.2. The van der Waals surface area contributed by atoms with Crippen LogP contribution in [0.15, 0.2) is 17.5 Å². The van der Waals surface area contributed by atoms with Crippen LogP contribution in [-0.4, -0.2) is 48.5 Å². The van der Waals surface area contributed by atoms with E-state index in [0.29, 0.717) is 24.1 Å². The number of thiophene rings is 1. The standard InChI is InChI=1S/C15H22N2O3S/c18-14-11(17-10-4-1-2-5-10)9-20-12(14)8-16-15(19)13-6-3-7-21-13/h3,6-7,10-12,14,17-18H,1-2,4-5,8-9H2,(H,16,19)/t11-,12-,14+/m1/s1. The predicted octanol–water partition coefficient (Wildman–Crippen LogP) is 1.14. The van der Waals surface area contributed by atoms with Gasteiger partial charge in [-0.15, -0.1) is 11.3 Å². The average molecular weight is 310 g/mol. The Morgan fingerprint density at radius 1 is 1.43 bits per heavy atom. The van der Waals surface area contributed by atoms with Crippen LogP contribution in [0.25, 0.3) is 0 Å². The van der Waals surface area contributed by atoms with E-state index in [1.165, 1.54) is 37.0 Å². The molecule has 3 rings (SSSR count). The number of hydrogen-bond donors (Lipinski definition) is 3. The molecular weight excluding hydrogens is 288 g/mol. The number of amides is 1. The van der Waals surface area contributed by atoms with Crippen molar-refractivity contribution in [1.82, 2.24) is 10.6 Å². The number of rotatable bonds is 5. The lowest BCUT2D eigenvalue weighted by Crippen LogP contribution is -2.47. The SMILES string of the molecule is O=C(NC[C@H]1OC[C@@H](NC2CCCC2)[C@@H]1O)c1cccs1. The second kappa shape index (κ2) is 6.87. The van der Waals surface area contributed by atoms with E-state index in [4.69, 9.17) is 4.74 Å². The molecule has 5 nitrogen and oxygen atoms in total. The Morgan fingerprint density at radius 3 is 2.95 bits per heavy atom. The molecule has 21 heavy (non-hydrogen) atoms. The molecule has 0 unspecified atom stereocenters. The molecule has 3 atom stereocenters. The summed E-state index contributed by atoms with van der Waals surface area (Å²) in [7, 11) is 0. The molecule has 1 aliphatic heterocycles. The summed E-state index contributed by atoms with van der Waals surface area (Å²) in [4.78, 5) is 12.6.